The van der Waals surface area contributed by atoms with Crippen molar-refractivity contribution in [3.8, 4) is 17.0 Å². The fraction of sp³-hybridized carbons (Fsp3) is 0.286. The van der Waals surface area contributed by atoms with Gasteiger partial charge in [-0.15, -0.1) is 0 Å². The molecule has 2 aromatic rings. The van der Waals surface area contributed by atoms with Gasteiger partial charge in [0, 0.05) is 5.56 Å². The molecule has 1 aromatic heterocycles. The zero-order valence-electron chi connectivity index (χ0n) is 11.1. The topological polar surface area (TPSA) is 61.0 Å². The SMILES string of the molecule is Cc1ncnc(-c2ccc(OC(C)C)c(F)c2)c1N. The second kappa shape index (κ2) is 5.22. The Balaban J connectivity index is 2.42. The minimum absolute atomic E-state index is 0.0771. The number of hydrogen-bond donors (Lipinski definition) is 1. The maximum Gasteiger partial charge on any atom is 0.165 e. The summed E-state index contributed by atoms with van der Waals surface area (Å²) < 4.78 is 19.3. The van der Waals surface area contributed by atoms with Gasteiger partial charge < -0.3 is 10.5 Å². The number of aromatic nitrogens is 2. The molecular formula is C14H16FN3O. The second-order valence-corrected chi connectivity index (χ2v) is 4.53. The highest BCUT2D eigenvalue weighted by atomic mass is 19.1. The van der Waals surface area contributed by atoms with E-state index in [0.717, 1.165) is 0 Å². The molecular weight excluding hydrogens is 245 g/mol. The predicted molar refractivity (Wildman–Crippen MR) is 72.3 cm³/mol. The van der Waals surface area contributed by atoms with Crippen molar-refractivity contribution in [2.24, 2.45) is 0 Å². The number of aryl methyl sites for hydroxylation is 1. The fourth-order valence-corrected chi connectivity index (χ4v) is 1.71. The average molecular weight is 261 g/mol. The number of anilines is 1. The lowest BCUT2D eigenvalue weighted by atomic mass is 10.1. The van der Waals surface area contributed by atoms with E-state index in [1.807, 2.05) is 13.8 Å². The maximum atomic E-state index is 13.9. The Morgan fingerprint density at radius 2 is 2.00 bits per heavy atom. The van der Waals surface area contributed by atoms with E-state index in [4.69, 9.17) is 10.5 Å². The predicted octanol–water partition coefficient (Wildman–Crippen LogP) is 2.96. The van der Waals surface area contributed by atoms with E-state index in [9.17, 15) is 4.39 Å². The third-order valence-electron chi connectivity index (χ3n) is 2.65. The first-order valence-electron chi connectivity index (χ1n) is 6.02. The smallest absolute Gasteiger partial charge is 0.165 e. The summed E-state index contributed by atoms with van der Waals surface area (Å²) in [6.07, 6.45) is 1.34. The van der Waals surface area contributed by atoms with Crippen LogP contribution in [-0.4, -0.2) is 16.1 Å². The van der Waals surface area contributed by atoms with Crippen molar-refractivity contribution in [1.82, 2.24) is 9.97 Å². The van der Waals surface area contributed by atoms with Crippen LogP contribution in [0.4, 0.5) is 10.1 Å². The Bertz CT molecular complexity index is 599. The minimum Gasteiger partial charge on any atom is -0.488 e. The zero-order valence-corrected chi connectivity index (χ0v) is 11.1. The minimum atomic E-state index is -0.429. The van der Waals surface area contributed by atoms with Crippen molar-refractivity contribution in [1.29, 1.82) is 0 Å². The summed E-state index contributed by atoms with van der Waals surface area (Å²) in [6, 6.07) is 4.69. The van der Waals surface area contributed by atoms with Gasteiger partial charge in [0.1, 0.15) is 6.33 Å². The van der Waals surface area contributed by atoms with Crippen LogP contribution in [-0.2, 0) is 0 Å². The number of benzene rings is 1. The molecule has 0 bridgehead atoms. The third-order valence-corrected chi connectivity index (χ3v) is 2.65. The number of nitrogens with two attached hydrogens (primary N) is 1. The van der Waals surface area contributed by atoms with E-state index in [1.165, 1.54) is 12.4 Å². The van der Waals surface area contributed by atoms with Gasteiger partial charge in [-0.2, -0.15) is 0 Å². The first kappa shape index (κ1) is 13.3. The van der Waals surface area contributed by atoms with Crippen LogP contribution in [0.25, 0.3) is 11.3 Å². The quantitative estimate of drug-likeness (QED) is 0.922. The van der Waals surface area contributed by atoms with Gasteiger partial charge in [-0.25, -0.2) is 14.4 Å². The van der Waals surface area contributed by atoms with E-state index in [2.05, 4.69) is 9.97 Å². The van der Waals surface area contributed by atoms with Crippen molar-refractivity contribution in [3.05, 3.63) is 36.0 Å². The third kappa shape index (κ3) is 2.81. The Labute approximate surface area is 111 Å². The Morgan fingerprint density at radius 1 is 1.26 bits per heavy atom. The summed E-state index contributed by atoms with van der Waals surface area (Å²) in [5.74, 6) is -0.204. The van der Waals surface area contributed by atoms with Crippen LogP contribution in [0.1, 0.15) is 19.5 Å². The molecule has 100 valence electrons. The highest BCUT2D eigenvalue weighted by Gasteiger charge is 2.11. The molecule has 4 nitrogen and oxygen atoms in total. The van der Waals surface area contributed by atoms with Gasteiger partial charge >= 0.3 is 0 Å². The van der Waals surface area contributed by atoms with E-state index < -0.39 is 5.82 Å². The van der Waals surface area contributed by atoms with Crippen molar-refractivity contribution < 1.29 is 9.13 Å². The molecule has 19 heavy (non-hydrogen) atoms. The van der Waals surface area contributed by atoms with Gasteiger partial charge in [0.05, 0.1) is 23.2 Å². The molecule has 0 aliphatic heterocycles. The molecule has 0 amide bonds. The van der Waals surface area contributed by atoms with E-state index in [0.29, 0.717) is 22.6 Å². The van der Waals surface area contributed by atoms with E-state index in [-0.39, 0.29) is 11.9 Å². The van der Waals surface area contributed by atoms with Gasteiger partial charge in [-0.3, -0.25) is 0 Å². The molecule has 0 saturated heterocycles. The summed E-state index contributed by atoms with van der Waals surface area (Å²) in [5, 5.41) is 0. The highest BCUT2D eigenvalue weighted by Crippen LogP contribution is 2.28. The molecule has 0 atom stereocenters. The van der Waals surface area contributed by atoms with Gasteiger partial charge in [0.15, 0.2) is 11.6 Å². The molecule has 0 unspecified atom stereocenters. The Hall–Kier alpha value is -2.17. The van der Waals surface area contributed by atoms with Crippen molar-refractivity contribution >= 4 is 5.69 Å². The van der Waals surface area contributed by atoms with E-state index >= 15 is 0 Å². The monoisotopic (exact) mass is 261 g/mol. The molecule has 2 rings (SSSR count). The van der Waals surface area contributed by atoms with Crippen LogP contribution in [0.15, 0.2) is 24.5 Å². The molecule has 0 aliphatic carbocycles. The largest absolute Gasteiger partial charge is 0.488 e. The number of hydrogen-bond acceptors (Lipinski definition) is 4. The number of halogens is 1. The summed E-state index contributed by atoms with van der Waals surface area (Å²) in [4.78, 5) is 8.09. The maximum absolute atomic E-state index is 13.9. The first-order chi connectivity index (χ1) is 8.99. The first-order valence-corrected chi connectivity index (χ1v) is 6.02. The van der Waals surface area contributed by atoms with Gasteiger partial charge in [-0.1, -0.05) is 0 Å². The lowest BCUT2D eigenvalue weighted by Crippen LogP contribution is -2.07. The number of nitrogens with zero attached hydrogens (tertiary/aromatic N) is 2. The number of ether oxygens (including phenoxy) is 1. The zero-order chi connectivity index (χ0) is 14.0. The Kier molecular flexibility index (Phi) is 3.64. The van der Waals surface area contributed by atoms with Crippen LogP contribution < -0.4 is 10.5 Å². The molecule has 0 aliphatic rings. The fourth-order valence-electron chi connectivity index (χ4n) is 1.71. The van der Waals surface area contributed by atoms with Crippen molar-refractivity contribution in [2.45, 2.75) is 26.9 Å². The summed E-state index contributed by atoms with van der Waals surface area (Å²) in [6.45, 7) is 5.48. The molecule has 2 N–H and O–H groups in total. The number of nitrogen functional groups attached to an aromatic ring is 1. The lowest BCUT2D eigenvalue weighted by molar-refractivity contribution is 0.231. The summed E-state index contributed by atoms with van der Waals surface area (Å²) >= 11 is 0. The normalized spacial score (nSPS) is 10.8. The van der Waals surface area contributed by atoms with Crippen LogP contribution in [0.5, 0.6) is 5.75 Å². The molecule has 0 fully saturated rings. The number of rotatable bonds is 3. The molecule has 0 radical (unpaired) electrons. The van der Waals surface area contributed by atoms with Gasteiger partial charge in [0.2, 0.25) is 0 Å². The van der Waals surface area contributed by atoms with E-state index in [1.54, 1.807) is 19.1 Å². The summed E-state index contributed by atoms with van der Waals surface area (Å²) in [7, 11) is 0. The second-order valence-electron chi connectivity index (χ2n) is 4.53. The van der Waals surface area contributed by atoms with Crippen molar-refractivity contribution in [2.75, 3.05) is 5.73 Å². The van der Waals surface area contributed by atoms with Crippen LogP contribution in [0.3, 0.4) is 0 Å². The molecule has 1 heterocycles. The lowest BCUT2D eigenvalue weighted by Gasteiger charge is -2.12. The van der Waals surface area contributed by atoms with Crippen LogP contribution >= 0.6 is 0 Å². The highest BCUT2D eigenvalue weighted by molar-refractivity contribution is 5.73. The average Bonchev–Trinajstić information content (AvgIpc) is 2.35. The standard InChI is InChI=1S/C14H16FN3O/c1-8(2)19-12-5-4-10(6-11(12)15)14-13(16)9(3)17-7-18-14/h4-8H,16H2,1-3H3. The van der Waals surface area contributed by atoms with Gasteiger partial charge in [-0.05, 0) is 39.0 Å². The van der Waals surface area contributed by atoms with Gasteiger partial charge in [0.25, 0.3) is 0 Å². The molecule has 1 aromatic carbocycles. The Morgan fingerprint density at radius 3 is 2.63 bits per heavy atom. The molecule has 0 spiro atoms. The van der Waals surface area contributed by atoms with Crippen LogP contribution in [0, 0.1) is 12.7 Å². The molecule has 0 saturated carbocycles. The van der Waals surface area contributed by atoms with Crippen LogP contribution in [0.2, 0.25) is 0 Å². The summed E-state index contributed by atoms with van der Waals surface area (Å²) in [5.41, 5.74) is 8.17. The van der Waals surface area contributed by atoms with Crippen molar-refractivity contribution in [3.63, 3.8) is 0 Å². The molecule has 5 heteroatoms.